The highest BCUT2D eigenvalue weighted by Gasteiger charge is 2.47. The fourth-order valence-electron chi connectivity index (χ4n) is 7.21. The van der Waals surface area contributed by atoms with Gasteiger partial charge in [0, 0.05) is 13.7 Å². The quantitative estimate of drug-likeness (QED) is 0.108. The number of unbranched alkanes of at least 4 members (excludes halogenated alkanes) is 2. The maximum absolute atomic E-state index is 5.36. The minimum Gasteiger partial charge on any atom is -0.385 e. The SMILES string of the molecule is CC.CC.CCCCCc1ccc(C2(c3ccc(CCCOC)cc3)c3cc(C(C)(C)CC)ccc3-c3ccc(C(C)(C)CC)cc32)cc1. The van der Waals surface area contributed by atoms with E-state index in [0.717, 1.165) is 38.7 Å². The highest BCUT2D eigenvalue weighted by molar-refractivity contribution is 5.87. The summed E-state index contributed by atoms with van der Waals surface area (Å²) in [7, 11) is 1.79. The van der Waals surface area contributed by atoms with Gasteiger partial charge in [0.05, 0.1) is 5.41 Å². The van der Waals surface area contributed by atoms with Crippen molar-refractivity contribution in [1.29, 1.82) is 0 Å². The van der Waals surface area contributed by atoms with Crippen LogP contribution in [0.5, 0.6) is 0 Å². The second-order valence-electron chi connectivity index (χ2n) is 14.7. The third-order valence-electron chi connectivity index (χ3n) is 11.1. The van der Waals surface area contributed by atoms with E-state index in [2.05, 4.69) is 133 Å². The number of hydrogen-bond acceptors (Lipinski definition) is 1. The van der Waals surface area contributed by atoms with E-state index in [1.54, 1.807) is 7.11 Å². The number of rotatable bonds is 14. The lowest BCUT2D eigenvalue weighted by molar-refractivity contribution is 0.195. The lowest BCUT2D eigenvalue weighted by atomic mass is 9.66. The van der Waals surface area contributed by atoms with Crippen LogP contribution in [-0.4, -0.2) is 13.7 Å². The molecule has 0 aromatic heterocycles. The van der Waals surface area contributed by atoms with Gasteiger partial charge in [-0.1, -0.05) is 174 Å². The predicted molar refractivity (Wildman–Crippen MR) is 217 cm³/mol. The van der Waals surface area contributed by atoms with Gasteiger partial charge in [-0.15, -0.1) is 0 Å². The average molecular weight is 661 g/mol. The van der Waals surface area contributed by atoms with E-state index in [1.807, 2.05) is 27.7 Å². The van der Waals surface area contributed by atoms with E-state index < -0.39 is 5.41 Å². The molecule has 0 unspecified atom stereocenters. The number of benzene rings is 4. The van der Waals surface area contributed by atoms with E-state index in [4.69, 9.17) is 4.74 Å². The number of ether oxygens (including phenoxy) is 1. The van der Waals surface area contributed by atoms with Gasteiger partial charge >= 0.3 is 0 Å². The Morgan fingerprint density at radius 2 is 0.939 bits per heavy atom. The highest BCUT2D eigenvalue weighted by Crippen LogP contribution is 2.57. The summed E-state index contributed by atoms with van der Waals surface area (Å²) in [5.41, 5.74) is 13.8. The van der Waals surface area contributed by atoms with Crippen molar-refractivity contribution in [2.24, 2.45) is 0 Å². The normalized spacial score (nSPS) is 13.1. The fraction of sp³-hybridized carbons (Fsp3) is 0.500. The molecule has 4 aromatic carbocycles. The second-order valence-corrected chi connectivity index (χ2v) is 14.7. The van der Waals surface area contributed by atoms with Gasteiger partial charge in [0.15, 0.2) is 0 Å². The van der Waals surface area contributed by atoms with Crippen LogP contribution in [0.1, 0.15) is 159 Å². The zero-order valence-electron chi connectivity index (χ0n) is 33.4. The lowest BCUT2D eigenvalue weighted by Crippen LogP contribution is -2.30. The maximum Gasteiger partial charge on any atom is 0.0713 e. The molecule has 0 N–H and O–H groups in total. The molecule has 0 atom stereocenters. The topological polar surface area (TPSA) is 9.23 Å². The smallest absolute Gasteiger partial charge is 0.0713 e. The molecule has 0 fully saturated rings. The highest BCUT2D eigenvalue weighted by atomic mass is 16.5. The molecule has 0 spiro atoms. The molecule has 1 aliphatic rings. The first-order valence-electron chi connectivity index (χ1n) is 19.6. The Labute approximate surface area is 301 Å². The standard InChI is InChI=1S/C44H56O.2C2H6/c1-9-12-13-15-32-17-21-34(22-18-32)44(35-23-19-33(20-24-35)16-14-29-45-8)40-30-36(42(4,5)10-2)25-27-38(40)39-28-26-37(31-41(39)44)43(6,7)11-3;2*1-2/h17-28,30-31H,9-16,29H2,1-8H3;2*1-2H3. The second kappa shape index (κ2) is 18.2. The van der Waals surface area contributed by atoms with Gasteiger partial charge in [0.25, 0.3) is 0 Å². The Bertz CT molecular complexity index is 1450. The van der Waals surface area contributed by atoms with Gasteiger partial charge < -0.3 is 4.74 Å². The van der Waals surface area contributed by atoms with E-state index in [9.17, 15) is 0 Å². The molecule has 1 heteroatoms. The fourth-order valence-corrected chi connectivity index (χ4v) is 7.21. The van der Waals surface area contributed by atoms with Crippen molar-refractivity contribution in [2.45, 2.75) is 144 Å². The van der Waals surface area contributed by atoms with Gasteiger partial charge in [-0.25, -0.2) is 0 Å². The summed E-state index contributed by atoms with van der Waals surface area (Å²) in [6, 6.07) is 34.0. The molecule has 4 aromatic rings. The molecule has 1 aliphatic carbocycles. The Kier molecular flexibility index (Phi) is 14.9. The Hall–Kier alpha value is -3.16. The van der Waals surface area contributed by atoms with Gasteiger partial charge in [-0.3, -0.25) is 0 Å². The Balaban J connectivity index is 0.00000157. The van der Waals surface area contributed by atoms with Gasteiger partial charge in [-0.2, -0.15) is 0 Å². The molecule has 5 rings (SSSR count). The van der Waals surface area contributed by atoms with Crippen molar-refractivity contribution < 1.29 is 4.74 Å². The van der Waals surface area contributed by atoms with Crippen LogP contribution in [0.4, 0.5) is 0 Å². The van der Waals surface area contributed by atoms with Gasteiger partial charge in [0.2, 0.25) is 0 Å². The summed E-state index contributed by atoms with van der Waals surface area (Å²) in [6.07, 6.45) is 9.21. The van der Waals surface area contributed by atoms with Crippen LogP contribution >= 0.6 is 0 Å². The summed E-state index contributed by atoms with van der Waals surface area (Å²) in [4.78, 5) is 0. The molecule has 0 amide bonds. The summed E-state index contributed by atoms with van der Waals surface area (Å²) in [6.45, 7) is 25.3. The zero-order chi connectivity index (χ0) is 36.2. The minimum absolute atomic E-state index is 0.0965. The molecule has 266 valence electrons. The molecule has 0 aliphatic heterocycles. The predicted octanol–water partition coefficient (Wildman–Crippen LogP) is 13.8. The van der Waals surface area contributed by atoms with Gasteiger partial charge in [-0.05, 0) is 105 Å². The summed E-state index contributed by atoms with van der Waals surface area (Å²) >= 11 is 0. The minimum atomic E-state index is -0.392. The molecule has 0 saturated heterocycles. The van der Waals surface area contributed by atoms with Crippen LogP contribution in [0, 0.1) is 0 Å². The van der Waals surface area contributed by atoms with Crippen LogP contribution in [0.25, 0.3) is 11.1 Å². The Morgan fingerprint density at radius 1 is 0.531 bits per heavy atom. The Morgan fingerprint density at radius 3 is 1.31 bits per heavy atom. The van der Waals surface area contributed by atoms with E-state index in [1.165, 1.54) is 74.9 Å². The average Bonchev–Trinajstić information content (AvgIpc) is 3.44. The number of hydrogen-bond donors (Lipinski definition) is 0. The molecule has 0 radical (unpaired) electrons. The molecule has 0 saturated carbocycles. The first-order valence-corrected chi connectivity index (χ1v) is 19.6. The van der Waals surface area contributed by atoms with E-state index in [-0.39, 0.29) is 10.8 Å². The molecule has 49 heavy (non-hydrogen) atoms. The number of methoxy groups -OCH3 is 1. The largest absolute Gasteiger partial charge is 0.385 e. The van der Waals surface area contributed by atoms with Crippen LogP contribution < -0.4 is 0 Å². The van der Waals surface area contributed by atoms with Crippen molar-refractivity contribution in [1.82, 2.24) is 0 Å². The van der Waals surface area contributed by atoms with Crippen molar-refractivity contribution in [3.63, 3.8) is 0 Å². The molecular formula is C48H68O. The van der Waals surface area contributed by atoms with Gasteiger partial charge in [0.1, 0.15) is 0 Å². The first-order chi connectivity index (χ1) is 23.6. The molecule has 1 nitrogen and oxygen atoms in total. The van der Waals surface area contributed by atoms with Crippen LogP contribution in [-0.2, 0) is 33.8 Å². The van der Waals surface area contributed by atoms with E-state index in [0.29, 0.717) is 0 Å². The van der Waals surface area contributed by atoms with Crippen molar-refractivity contribution in [2.75, 3.05) is 13.7 Å². The third-order valence-corrected chi connectivity index (χ3v) is 11.1. The number of aryl methyl sites for hydroxylation is 2. The summed E-state index contributed by atoms with van der Waals surface area (Å²) in [5, 5.41) is 0. The van der Waals surface area contributed by atoms with E-state index >= 15 is 0 Å². The monoisotopic (exact) mass is 661 g/mol. The summed E-state index contributed by atoms with van der Waals surface area (Å²) < 4.78 is 5.36. The van der Waals surface area contributed by atoms with Crippen LogP contribution in [0.15, 0.2) is 84.9 Å². The third kappa shape index (κ3) is 8.42. The zero-order valence-corrected chi connectivity index (χ0v) is 33.4. The maximum atomic E-state index is 5.36. The van der Waals surface area contributed by atoms with Crippen molar-refractivity contribution in [3.05, 3.63) is 129 Å². The molecule has 0 bridgehead atoms. The first kappa shape index (κ1) is 40.3. The van der Waals surface area contributed by atoms with Crippen molar-refractivity contribution >= 4 is 0 Å². The molecular weight excluding hydrogens is 593 g/mol. The number of fused-ring (bicyclic) bond motifs is 3. The van der Waals surface area contributed by atoms with Crippen LogP contribution in [0.3, 0.4) is 0 Å². The van der Waals surface area contributed by atoms with Crippen LogP contribution in [0.2, 0.25) is 0 Å². The van der Waals surface area contributed by atoms with Crippen molar-refractivity contribution in [3.8, 4) is 11.1 Å². The summed E-state index contributed by atoms with van der Waals surface area (Å²) in [5.74, 6) is 0. The molecule has 0 heterocycles. The lowest BCUT2D eigenvalue weighted by Gasteiger charge is -2.36.